The molecule has 1 unspecified atom stereocenters. The van der Waals surface area contributed by atoms with Crippen molar-refractivity contribution in [2.45, 2.75) is 51.0 Å². The van der Waals surface area contributed by atoms with Gasteiger partial charge in [0.15, 0.2) is 0 Å². The van der Waals surface area contributed by atoms with Crippen LogP contribution in [0.25, 0.3) is 0 Å². The lowest BCUT2D eigenvalue weighted by atomic mass is 9.88. The molecule has 1 saturated carbocycles. The van der Waals surface area contributed by atoms with Crippen molar-refractivity contribution in [2.24, 2.45) is 5.92 Å². The van der Waals surface area contributed by atoms with Gasteiger partial charge in [-0.3, -0.25) is 0 Å². The molecule has 0 heterocycles. The van der Waals surface area contributed by atoms with Crippen molar-refractivity contribution in [2.75, 3.05) is 7.05 Å². The molecule has 3 heteroatoms. The average molecular weight is 328 g/mol. The minimum absolute atomic E-state index is 0.0860. The zero-order valence-corrected chi connectivity index (χ0v) is 13.2. The molecule has 106 valence electrons. The maximum atomic E-state index is 13.9. The van der Waals surface area contributed by atoms with Crippen molar-refractivity contribution in [3.63, 3.8) is 0 Å². The van der Waals surface area contributed by atoms with Crippen LogP contribution < -0.4 is 5.32 Å². The van der Waals surface area contributed by atoms with Gasteiger partial charge in [-0.25, -0.2) is 4.39 Å². The standard InChI is InChI=1S/C16H23BrFN/c1-19-16(12-6-4-2-3-5-7-12)11-13-10-14(17)8-9-15(13)18/h8-10,12,16,19H,2-7,11H2,1H3. The first kappa shape index (κ1) is 15.0. The van der Waals surface area contributed by atoms with Gasteiger partial charge in [-0.05, 0) is 56.0 Å². The molecule has 1 aromatic rings. The molecule has 0 saturated heterocycles. The average Bonchev–Trinajstić information content (AvgIpc) is 2.68. The Kier molecular flexibility index (Phi) is 5.83. The summed E-state index contributed by atoms with van der Waals surface area (Å²) in [5, 5.41) is 3.41. The smallest absolute Gasteiger partial charge is 0.126 e. The van der Waals surface area contributed by atoms with Crippen molar-refractivity contribution >= 4 is 15.9 Å². The van der Waals surface area contributed by atoms with Gasteiger partial charge >= 0.3 is 0 Å². The van der Waals surface area contributed by atoms with Crippen LogP contribution in [0.2, 0.25) is 0 Å². The number of likely N-dealkylation sites (N-methyl/N-ethyl adjacent to an activating group) is 1. The van der Waals surface area contributed by atoms with Gasteiger partial charge in [0, 0.05) is 10.5 Å². The summed E-state index contributed by atoms with van der Waals surface area (Å²) in [7, 11) is 2.01. The van der Waals surface area contributed by atoms with Crippen LogP contribution in [0.1, 0.15) is 44.1 Å². The van der Waals surface area contributed by atoms with Gasteiger partial charge in [0.25, 0.3) is 0 Å². The molecule has 0 aliphatic heterocycles. The minimum atomic E-state index is -0.0860. The molecule has 1 nitrogen and oxygen atoms in total. The van der Waals surface area contributed by atoms with Crippen LogP contribution in [0.15, 0.2) is 22.7 Å². The maximum Gasteiger partial charge on any atom is 0.126 e. The van der Waals surface area contributed by atoms with Crippen LogP contribution in [0.5, 0.6) is 0 Å². The van der Waals surface area contributed by atoms with Crippen molar-refractivity contribution < 1.29 is 4.39 Å². The van der Waals surface area contributed by atoms with Gasteiger partial charge in [0.1, 0.15) is 5.82 Å². The molecule has 1 fully saturated rings. The molecule has 0 radical (unpaired) electrons. The van der Waals surface area contributed by atoms with Crippen molar-refractivity contribution in [1.29, 1.82) is 0 Å². The lowest BCUT2D eigenvalue weighted by Crippen LogP contribution is -2.35. The minimum Gasteiger partial charge on any atom is -0.316 e. The fraction of sp³-hybridized carbons (Fsp3) is 0.625. The topological polar surface area (TPSA) is 12.0 Å². The van der Waals surface area contributed by atoms with Gasteiger partial charge in [-0.15, -0.1) is 0 Å². The summed E-state index contributed by atoms with van der Waals surface area (Å²) < 4.78 is 14.8. The van der Waals surface area contributed by atoms with Crippen LogP contribution in [-0.2, 0) is 6.42 Å². The van der Waals surface area contributed by atoms with Crippen molar-refractivity contribution in [3.05, 3.63) is 34.1 Å². The molecule has 0 amide bonds. The maximum absolute atomic E-state index is 13.9. The fourth-order valence-electron chi connectivity index (χ4n) is 3.15. The second-order valence-electron chi connectivity index (χ2n) is 5.59. The Bertz CT molecular complexity index is 400. The SMILES string of the molecule is CNC(Cc1cc(Br)ccc1F)C1CCCCCC1. The first-order chi connectivity index (χ1) is 9.20. The Morgan fingerprint density at radius 3 is 2.58 bits per heavy atom. The van der Waals surface area contributed by atoms with Crippen molar-refractivity contribution in [1.82, 2.24) is 5.32 Å². The van der Waals surface area contributed by atoms with E-state index >= 15 is 0 Å². The van der Waals surface area contributed by atoms with E-state index in [4.69, 9.17) is 0 Å². The molecular weight excluding hydrogens is 305 g/mol. The lowest BCUT2D eigenvalue weighted by molar-refractivity contribution is 0.330. The highest BCUT2D eigenvalue weighted by atomic mass is 79.9. The molecule has 1 atom stereocenters. The number of nitrogens with one attached hydrogen (secondary N) is 1. The Hall–Kier alpha value is -0.410. The number of hydrogen-bond acceptors (Lipinski definition) is 1. The Balaban J connectivity index is 2.07. The van der Waals surface area contributed by atoms with E-state index in [9.17, 15) is 4.39 Å². The van der Waals surface area contributed by atoms with E-state index in [-0.39, 0.29) is 5.82 Å². The quantitative estimate of drug-likeness (QED) is 0.791. The Labute approximate surface area is 124 Å². The number of halogens is 2. The second kappa shape index (κ2) is 7.39. The van der Waals surface area contributed by atoms with E-state index in [1.54, 1.807) is 12.1 Å². The third kappa shape index (κ3) is 4.28. The third-order valence-corrected chi connectivity index (χ3v) is 4.78. The number of benzene rings is 1. The second-order valence-corrected chi connectivity index (χ2v) is 6.50. The monoisotopic (exact) mass is 327 g/mol. The molecule has 2 rings (SSSR count). The van der Waals surface area contributed by atoms with Crippen LogP contribution in [0, 0.1) is 11.7 Å². The predicted molar refractivity (Wildman–Crippen MR) is 81.8 cm³/mol. The predicted octanol–water partition coefficient (Wildman–Crippen LogP) is 4.69. The van der Waals surface area contributed by atoms with Gasteiger partial charge in [0.05, 0.1) is 0 Å². The van der Waals surface area contributed by atoms with E-state index in [1.165, 1.54) is 38.5 Å². The molecule has 19 heavy (non-hydrogen) atoms. The van der Waals surface area contributed by atoms with E-state index < -0.39 is 0 Å². The van der Waals surface area contributed by atoms with Crippen LogP contribution >= 0.6 is 15.9 Å². The largest absolute Gasteiger partial charge is 0.316 e. The molecule has 1 N–H and O–H groups in total. The summed E-state index contributed by atoms with van der Waals surface area (Å²) in [6.45, 7) is 0. The molecule has 1 aliphatic rings. The molecule has 1 aliphatic carbocycles. The summed E-state index contributed by atoms with van der Waals surface area (Å²) in [5.74, 6) is 0.600. The molecular formula is C16H23BrFN. The van der Waals surface area contributed by atoms with E-state index in [1.807, 2.05) is 13.1 Å². The summed E-state index contributed by atoms with van der Waals surface area (Å²) >= 11 is 3.43. The van der Waals surface area contributed by atoms with E-state index in [0.29, 0.717) is 12.0 Å². The summed E-state index contributed by atoms with van der Waals surface area (Å²) in [6.07, 6.45) is 8.71. The summed E-state index contributed by atoms with van der Waals surface area (Å²) in [5.41, 5.74) is 0.818. The van der Waals surface area contributed by atoms with Crippen molar-refractivity contribution in [3.8, 4) is 0 Å². The summed E-state index contributed by atoms with van der Waals surface area (Å²) in [4.78, 5) is 0. The van der Waals surface area contributed by atoms with Crippen LogP contribution in [-0.4, -0.2) is 13.1 Å². The Morgan fingerprint density at radius 2 is 1.95 bits per heavy atom. The van der Waals surface area contributed by atoms with E-state index in [0.717, 1.165) is 16.5 Å². The number of hydrogen-bond donors (Lipinski definition) is 1. The zero-order valence-electron chi connectivity index (χ0n) is 11.6. The van der Waals surface area contributed by atoms with E-state index in [2.05, 4.69) is 21.2 Å². The highest BCUT2D eigenvalue weighted by molar-refractivity contribution is 9.10. The van der Waals surface area contributed by atoms with Gasteiger partial charge < -0.3 is 5.32 Å². The Morgan fingerprint density at radius 1 is 1.26 bits per heavy atom. The highest BCUT2D eigenvalue weighted by Crippen LogP contribution is 2.28. The van der Waals surface area contributed by atoms with Gasteiger partial charge in [-0.2, -0.15) is 0 Å². The van der Waals surface area contributed by atoms with Crippen LogP contribution in [0.4, 0.5) is 4.39 Å². The zero-order chi connectivity index (χ0) is 13.7. The molecule has 0 bridgehead atoms. The molecule has 1 aromatic carbocycles. The molecule has 0 aromatic heterocycles. The number of rotatable bonds is 4. The fourth-order valence-corrected chi connectivity index (χ4v) is 3.56. The molecule has 0 spiro atoms. The highest BCUT2D eigenvalue weighted by Gasteiger charge is 2.22. The van der Waals surface area contributed by atoms with Gasteiger partial charge in [-0.1, -0.05) is 41.6 Å². The first-order valence-corrected chi connectivity index (χ1v) is 8.11. The third-order valence-electron chi connectivity index (χ3n) is 4.29. The first-order valence-electron chi connectivity index (χ1n) is 7.32. The van der Waals surface area contributed by atoms with Crippen LogP contribution in [0.3, 0.4) is 0 Å². The lowest BCUT2D eigenvalue weighted by Gasteiger charge is -2.26. The normalized spacial score (nSPS) is 19.1. The van der Waals surface area contributed by atoms with Gasteiger partial charge in [0.2, 0.25) is 0 Å². The summed E-state index contributed by atoms with van der Waals surface area (Å²) in [6, 6.07) is 5.62.